The minimum Gasteiger partial charge on any atom is -0.239 e. The van der Waals surface area contributed by atoms with Gasteiger partial charge in [-0.15, -0.1) is 0 Å². The largest absolute Gasteiger partial charge is 0.255 e. The maximum atomic E-state index is 2.22. The summed E-state index contributed by atoms with van der Waals surface area (Å²) >= 11 is 1.86. The molecule has 0 fully saturated rings. The highest BCUT2D eigenvalue weighted by atomic mass is 32.2. The standard InChI is InChI=1S/C8H15N2S/c1-3-4-7-11-10-6-5-9(2)8-10/h5-6,8H,3-4,7H2,1-2H3/q+1. The first-order chi connectivity index (χ1) is 5.33. The smallest absolute Gasteiger partial charge is 0.239 e. The van der Waals surface area contributed by atoms with Crippen molar-refractivity contribution in [2.75, 3.05) is 5.75 Å². The van der Waals surface area contributed by atoms with Gasteiger partial charge in [-0.3, -0.25) is 0 Å². The van der Waals surface area contributed by atoms with Gasteiger partial charge in [0.15, 0.2) is 0 Å². The van der Waals surface area contributed by atoms with Crippen LogP contribution in [0.5, 0.6) is 0 Å². The predicted octanol–water partition coefficient (Wildman–Crippen LogP) is 1.61. The summed E-state index contributed by atoms with van der Waals surface area (Å²) in [5, 5.41) is 0. The van der Waals surface area contributed by atoms with Crippen molar-refractivity contribution < 1.29 is 4.57 Å². The van der Waals surface area contributed by atoms with Crippen LogP contribution in [0.2, 0.25) is 0 Å². The van der Waals surface area contributed by atoms with Crippen molar-refractivity contribution in [3.8, 4) is 0 Å². The Morgan fingerprint density at radius 1 is 1.55 bits per heavy atom. The fourth-order valence-electron chi connectivity index (χ4n) is 0.818. The van der Waals surface area contributed by atoms with Crippen molar-refractivity contribution in [2.45, 2.75) is 19.8 Å². The molecule has 0 saturated heterocycles. The van der Waals surface area contributed by atoms with Gasteiger partial charge in [-0.05, 0) is 6.42 Å². The second-order valence-electron chi connectivity index (χ2n) is 2.63. The van der Waals surface area contributed by atoms with E-state index in [9.17, 15) is 0 Å². The summed E-state index contributed by atoms with van der Waals surface area (Å²) in [6.45, 7) is 2.22. The first kappa shape index (κ1) is 8.65. The van der Waals surface area contributed by atoms with Crippen LogP contribution < -0.4 is 4.57 Å². The molecule has 2 nitrogen and oxygen atoms in total. The van der Waals surface area contributed by atoms with E-state index in [1.807, 2.05) is 19.0 Å². The van der Waals surface area contributed by atoms with E-state index in [1.54, 1.807) is 0 Å². The molecule has 0 aromatic carbocycles. The van der Waals surface area contributed by atoms with Crippen LogP contribution in [0.1, 0.15) is 19.8 Å². The SMILES string of the molecule is CCCCSn1cc[n+](C)c1. The average molecular weight is 171 g/mol. The summed E-state index contributed by atoms with van der Waals surface area (Å²) < 4.78 is 4.20. The van der Waals surface area contributed by atoms with Crippen LogP contribution in [0.3, 0.4) is 0 Å². The predicted molar refractivity (Wildman–Crippen MR) is 48.4 cm³/mol. The molecule has 0 amide bonds. The van der Waals surface area contributed by atoms with Crippen LogP contribution >= 0.6 is 11.9 Å². The Labute approximate surface area is 72.4 Å². The molecule has 0 N–H and O–H groups in total. The molecule has 0 aliphatic heterocycles. The van der Waals surface area contributed by atoms with Gasteiger partial charge in [0, 0.05) is 5.75 Å². The van der Waals surface area contributed by atoms with Crippen LogP contribution in [0, 0.1) is 0 Å². The van der Waals surface area contributed by atoms with Crippen molar-refractivity contribution in [1.29, 1.82) is 0 Å². The highest BCUT2D eigenvalue weighted by Crippen LogP contribution is 2.06. The molecule has 0 aliphatic carbocycles. The first-order valence-electron chi connectivity index (χ1n) is 3.99. The van der Waals surface area contributed by atoms with E-state index in [-0.39, 0.29) is 0 Å². The molecule has 1 aromatic heterocycles. The van der Waals surface area contributed by atoms with Gasteiger partial charge in [0.05, 0.1) is 19.0 Å². The molecule has 0 saturated carbocycles. The number of aryl methyl sites for hydroxylation is 1. The summed E-state index contributed by atoms with van der Waals surface area (Å²) in [7, 11) is 2.04. The summed E-state index contributed by atoms with van der Waals surface area (Å²) in [5.41, 5.74) is 0. The monoisotopic (exact) mass is 171 g/mol. The maximum Gasteiger partial charge on any atom is 0.255 e. The number of imidazole rings is 1. The highest BCUT2D eigenvalue weighted by molar-refractivity contribution is 7.97. The van der Waals surface area contributed by atoms with Crippen LogP contribution in [-0.4, -0.2) is 9.73 Å². The normalized spacial score (nSPS) is 10.4. The lowest BCUT2D eigenvalue weighted by atomic mass is 10.4. The molecule has 0 unspecified atom stereocenters. The fraction of sp³-hybridized carbons (Fsp3) is 0.625. The number of nitrogens with zero attached hydrogens (tertiary/aromatic N) is 2. The van der Waals surface area contributed by atoms with Crippen LogP contribution in [0.4, 0.5) is 0 Å². The van der Waals surface area contributed by atoms with Gasteiger partial charge in [-0.25, -0.2) is 4.57 Å². The van der Waals surface area contributed by atoms with E-state index in [2.05, 4.69) is 34.2 Å². The van der Waals surface area contributed by atoms with Gasteiger partial charge in [0.2, 0.25) is 0 Å². The summed E-state index contributed by atoms with van der Waals surface area (Å²) in [5.74, 6) is 1.21. The Morgan fingerprint density at radius 3 is 2.91 bits per heavy atom. The van der Waals surface area contributed by atoms with Gasteiger partial charge in [0.25, 0.3) is 6.33 Å². The molecule has 0 radical (unpaired) electrons. The van der Waals surface area contributed by atoms with E-state index in [0.29, 0.717) is 0 Å². The number of hydrogen-bond acceptors (Lipinski definition) is 1. The van der Waals surface area contributed by atoms with E-state index in [4.69, 9.17) is 0 Å². The van der Waals surface area contributed by atoms with Crippen LogP contribution in [-0.2, 0) is 7.05 Å². The second-order valence-corrected chi connectivity index (χ2v) is 3.71. The average Bonchev–Trinajstić information content (AvgIpc) is 2.37. The summed E-state index contributed by atoms with van der Waals surface area (Å²) in [6, 6.07) is 0. The summed E-state index contributed by atoms with van der Waals surface area (Å²) in [6.07, 6.45) is 8.80. The third-order valence-electron chi connectivity index (χ3n) is 1.48. The molecule has 11 heavy (non-hydrogen) atoms. The summed E-state index contributed by atoms with van der Waals surface area (Å²) in [4.78, 5) is 0. The van der Waals surface area contributed by atoms with Gasteiger partial charge >= 0.3 is 0 Å². The molecule has 1 heterocycles. The Bertz CT molecular complexity index is 208. The Morgan fingerprint density at radius 2 is 2.36 bits per heavy atom. The topological polar surface area (TPSA) is 8.81 Å². The van der Waals surface area contributed by atoms with Crippen molar-refractivity contribution in [3.63, 3.8) is 0 Å². The van der Waals surface area contributed by atoms with Gasteiger partial charge in [0.1, 0.15) is 12.4 Å². The molecule has 0 aliphatic rings. The molecule has 0 atom stereocenters. The molecule has 0 bridgehead atoms. The van der Waals surface area contributed by atoms with Crippen molar-refractivity contribution in [3.05, 3.63) is 18.7 Å². The van der Waals surface area contributed by atoms with Gasteiger partial charge < -0.3 is 0 Å². The minimum absolute atomic E-state index is 1.21. The zero-order chi connectivity index (χ0) is 8.10. The van der Waals surface area contributed by atoms with Gasteiger partial charge in [-0.2, -0.15) is 3.97 Å². The Balaban J connectivity index is 2.27. The van der Waals surface area contributed by atoms with E-state index < -0.39 is 0 Å². The molecular weight excluding hydrogens is 156 g/mol. The number of aromatic nitrogens is 2. The van der Waals surface area contributed by atoms with E-state index in [1.165, 1.54) is 18.6 Å². The first-order valence-corrected chi connectivity index (χ1v) is 4.93. The quantitative estimate of drug-likeness (QED) is 0.494. The van der Waals surface area contributed by atoms with E-state index >= 15 is 0 Å². The minimum atomic E-state index is 1.21. The third kappa shape index (κ3) is 2.97. The lowest BCUT2D eigenvalue weighted by molar-refractivity contribution is -0.670. The van der Waals surface area contributed by atoms with Crippen molar-refractivity contribution in [1.82, 2.24) is 3.97 Å². The second kappa shape index (κ2) is 4.44. The van der Waals surface area contributed by atoms with E-state index in [0.717, 1.165) is 0 Å². The number of unbranched alkanes of at least 4 members (excludes halogenated alkanes) is 1. The zero-order valence-corrected chi connectivity index (χ0v) is 7.97. The van der Waals surface area contributed by atoms with Gasteiger partial charge in [-0.1, -0.05) is 13.3 Å². The van der Waals surface area contributed by atoms with Crippen molar-refractivity contribution in [2.24, 2.45) is 7.05 Å². The zero-order valence-electron chi connectivity index (χ0n) is 7.16. The number of hydrogen-bond donors (Lipinski definition) is 0. The Kier molecular flexibility index (Phi) is 3.49. The van der Waals surface area contributed by atoms with Crippen LogP contribution in [0.15, 0.2) is 18.7 Å². The fourth-order valence-corrected chi connectivity index (χ4v) is 1.80. The maximum absolute atomic E-state index is 2.22. The van der Waals surface area contributed by atoms with Crippen molar-refractivity contribution >= 4 is 11.9 Å². The molecule has 1 aromatic rings. The highest BCUT2D eigenvalue weighted by Gasteiger charge is 1.99. The number of rotatable bonds is 4. The molecular formula is C8H15N2S+. The van der Waals surface area contributed by atoms with Crippen LogP contribution in [0.25, 0.3) is 0 Å². The molecule has 0 spiro atoms. The lowest BCUT2D eigenvalue weighted by Crippen LogP contribution is -2.23. The molecule has 62 valence electrons. The third-order valence-corrected chi connectivity index (χ3v) is 2.47. The molecule has 1 rings (SSSR count). The Hall–Kier alpha value is -0.440. The lowest BCUT2D eigenvalue weighted by Gasteiger charge is -1.91. The molecule has 3 heteroatoms.